The molecule has 4 rings (SSSR count). The number of ketones is 3. The third-order valence-corrected chi connectivity index (χ3v) is 15.2. The lowest BCUT2D eigenvalue weighted by molar-refractivity contribution is -0.265. The molecule has 0 aromatic heterocycles. The highest BCUT2D eigenvalue weighted by molar-refractivity contribution is 7.85. The van der Waals surface area contributed by atoms with E-state index in [0.717, 1.165) is 5.57 Å². The number of aliphatic hydroxyl groups is 2. The molecule has 0 aromatic rings. The van der Waals surface area contributed by atoms with Crippen molar-refractivity contribution in [2.24, 2.45) is 35.5 Å². The van der Waals surface area contributed by atoms with Crippen LogP contribution in [0.15, 0.2) is 47.6 Å². The topological polar surface area (TPSA) is 259 Å². The molecule has 76 heavy (non-hydrogen) atoms. The largest absolute Gasteiger partial charge is 0.460 e. The van der Waals surface area contributed by atoms with Crippen LogP contribution in [0, 0.1) is 35.5 Å². The number of Topliss-reactive ketones (excluding diaryl/α,β-unsaturated/α-hetero) is 3. The first-order valence-electron chi connectivity index (χ1n) is 26.8. The molecule has 20 heteroatoms. The Kier molecular flexibility index (Phi) is 27.0. The molecular weight excluding hydrogens is 1000 g/mol. The maximum absolute atomic E-state index is 14.5. The first-order chi connectivity index (χ1) is 35.5. The molecule has 1 amide bonds. The lowest BCUT2D eigenvalue weighted by Gasteiger charge is -2.42. The number of likely N-dealkylation sites (N-methyl/N-ethyl adjacent to an activating group) is 1. The molecule has 2 saturated heterocycles. The Hall–Kier alpha value is -3.99. The third kappa shape index (κ3) is 20.3. The van der Waals surface area contributed by atoms with E-state index in [9.17, 15) is 47.4 Å². The minimum Gasteiger partial charge on any atom is -0.460 e. The summed E-state index contributed by atoms with van der Waals surface area (Å²) in [6.07, 6.45) is 11.7. The van der Waals surface area contributed by atoms with Gasteiger partial charge in [-0.25, -0.2) is 4.79 Å². The summed E-state index contributed by atoms with van der Waals surface area (Å²) in [5, 5.41) is 22.6. The molecular formula is C56H90N2O17S. The average Bonchev–Trinajstić information content (AvgIpc) is 3.34. The van der Waals surface area contributed by atoms with E-state index in [-0.39, 0.29) is 61.4 Å². The van der Waals surface area contributed by atoms with E-state index < -0.39 is 100.0 Å². The Morgan fingerprint density at radius 2 is 1.55 bits per heavy atom. The molecule has 3 N–H and O–H groups in total. The molecule has 0 spiro atoms. The second kappa shape index (κ2) is 31.0. The van der Waals surface area contributed by atoms with Crippen molar-refractivity contribution in [3.8, 4) is 0 Å². The Morgan fingerprint density at radius 1 is 0.882 bits per heavy atom. The van der Waals surface area contributed by atoms with Crippen molar-refractivity contribution in [1.29, 1.82) is 0 Å². The van der Waals surface area contributed by atoms with Crippen molar-refractivity contribution in [3.63, 3.8) is 0 Å². The van der Waals surface area contributed by atoms with Crippen molar-refractivity contribution in [1.82, 2.24) is 9.80 Å². The van der Waals surface area contributed by atoms with E-state index in [1.807, 2.05) is 58.1 Å². The summed E-state index contributed by atoms with van der Waals surface area (Å²) >= 11 is 0. The predicted molar refractivity (Wildman–Crippen MR) is 285 cm³/mol. The van der Waals surface area contributed by atoms with Crippen LogP contribution in [0.25, 0.3) is 0 Å². The first kappa shape index (κ1) is 66.3. The quantitative estimate of drug-likeness (QED) is 0.107. The fraction of sp³-hybridized carbons (Fsp3) is 0.750. The number of amides is 1. The number of rotatable bonds is 9. The summed E-state index contributed by atoms with van der Waals surface area (Å²) in [5.74, 6) is -8.85. The number of allylic oxidation sites excluding steroid dienone is 6. The minimum absolute atomic E-state index is 0.0246. The summed E-state index contributed by atoms with van der Waals surface area (Å²) < 4.78 is 61.6. The monoisotopic (exact) mass is 1090 g/mol. The molecule has 19 nitrogen and oxygen atoms in total. The number of cyclic esters (lactones) is 1. The van der Waals surface area contributed by atoms with Gasteiger partial charge in [0.05, 0.1) is 37.2 Å². The average molecular weight is 1100 g/mol. The molecule has 0 radical (unpaired) electrons. The van der Waals surface area contributed by atoms with Crippen molar-refractivity contribution in [2.75, 3.05) is 54.8 Å². The van der Waals surface area contributed by atoms with Crippen LogP contribution in [-0.2, 0) is 67.3 Å². The molecule has 3 aliphatic heterocycles. The number of carbonyl (C=O) groups excluding carboxylic acids is 6. The number of piperidine rings is 1. The van der Waals surface area contributed by atoms with Gasteiger partial charge in [-0.1, -0.05) is 71.1 Å². The van der Waals surface area contributed by atoms with Crippen LogP contribution in [0.3, 0.4) is 0 Å². The van der Waals surface area contributed by atoms with Gasteiger partial charge in [-0.05, 0) is 121 Å². The van der Waals surface area contributed by atoms with Gasteiger partial charge in [0.2, 0.25) is 5.79 Å². The highest BCUT2D eigenvalue weighted by atomic mass is 32.2. The van der Waals surface area contributed by atoms with E-state index in [4.69, 9.17) is 33.0 Å². The summed E-state index contributed by atoms with van der Waals surface area (Å²) in [6.45, 7) is 12.7. The Balaban J connectivity index is 0.00000290. The molecule has 3 fully saturated rings. The van der Waals surface area contributed by atoms with Crippen LogP contribution in [0.4, 0.5) is 0 Å². The summed E-state index contributed by atoms with van der Waals surface area (Å²) in [6, 6.07) is -1.17. The zero-order chi connectivity index (χ0) is 57.2. The minimum atomic E-state index is -3.67. The standard InChI is InChI=1S/C55H86N2O14.CH4O3S/c1-33-18-14-13-15-19-34(2)45(66-10)30-41-23-21-39(7)55(65,71-41)52(62)53(63)57-25-17-16-20-42(57)54(64)69-46(36(4)28-40-22-24-43(58)47(29-40)67-11)31-44(59)35(3)27-38(6)50(70-48(60)32-56(8)9)51(68-12)49(61)37(5)26-33;1-5(2,3)4/h13-15,18-19,27,33,35-37,39-43,45-47,50-51,58,65H,16-17,20-26,28-32H2,1-12H3;1H3,(H,2,3,4)/b15-13?,18-14+,34-19?,38-27+;/t33?,35?,36?,37?,39?,40?,41?,42?,43?,45?,46?,47?,50?,51?,55-;/m0./s1. The smallest absolute Gasteiger partial charge is 0.329 e. The maximum atomic E-state index is 14.5. The zero-order valence-electron chi connectivity index (χ0n) is 47.3. The molecule has 2 bridgehead atoms. The first-order valence-corrected chi connectivity index (χ1v) is 28.6. The highest BCUT2D eigenvalue weighted by Gasteiger charge is 2.53. The van der Waals surface area contributed by atoms with Gasteiger partial charge in [-0.3, -0.25) is 33.4 Å². The fourth-order valence-corrected chi connectivity index (χ4v) is 10.7. The van der Waals surface area contributed by atoms with Crippen molar-refractivity contribution in [3.05, 3.63) is 47.6 Å². The number of hydrogen-bond acceptors (Lipinski definition) is 17. The van der Waals surface area contributed by atoms with Gasteiger partial charge < -0.3 is 43.5 Å². The molecule has 1 aliphatic carbocycles. The Bertz CT molecular complexity index is 2180. The number of hydrogen-bond donors (Lipinski definition) is 3. The van der Waals surface area contributed by atoms with Gasteiger partial charge in [0.15, 0.2) is 18.0 Å². The number of fused-ring (bicyclic) bond motifs is 3. The van der Waals surface area contributed by atoms with Crippen LogP contribution >= 0.6 is 0 Å². The van der Waals surface area contributed by atoms with E-state index >= 15 is 0 Å². The van der Waals surface area contributed by atoms with Crippen LogP contribution in [0.1, 0.15) is 126 Å². The maximum Gasteiger partial charge on any atom is 0.329 e. The van der Waals surface area contributed by atoms with Crippen LogP contribution in [0.5, 0.6) is 0 Å². The fourth-order valence-electron chi connectivity index (χ4n) is 10.7. The highest BCUT2D eigenvalue weighted by Crippen LogP contribution is 2.38. The molecule has 4 aliphatic rings. The molecule has 1 saturated carbocycles. The molecule has 0 aromatic carbocycles. The van der Waals surface area contributed by atoms with Crippen molar-refractivity contribution in [2.45, 2.75) is 180 Å². The van der Waals surface area contributed by atoms with Gasteiger partial charge >= 0.3 is 11.9 Å². The number of nitrogens with zero attached hydrogens (tertiary/aromatic N) is 2. The second-order valence-corrected chi connectivity index (χ2v) is 23.5. The van der Waals surface area contributed by atoms with Gasteiger partial charge in [0.1, 0.15) is 17.9 Å². The number of esters is 2. The van der Waals surface area contributed by atoms with E-state index in [1.54, 1.807) is 60.1 Å². The van der Waals surface area contributed by atoms with Gasteiger partial charge in [0, 0.05) is 58.5 Å². The molecule has 432 valence electrons. The van der Waals surface area contributed by atoms with Crippen LogP contribution in [0.2, 0.25) is 0 Å². The second-order valence-electron chi connectivity index (χ2n) is 22.0. The molecule has 14 unspecified atom stereocenters. The summed E-state index contributed by atoms with van der Waals surface area (Å²) in [7, 11) is 4.31. The van der Waals surface area contributed by atoms with Crippen molar-refractivity contribution >= 4 is 45.3 Å². The summed E-state index contributed by atoms with van der Waals surface area (Å²) in [5.41, 5.74) is 1.30. The van der Waals surface area contributed by atoms with Crippen LogP contribution < -0.4 is 0 Å². The van der Waals surface area contributed by atoms with E-state index in [2.05, 4.69) is 0 Å². The number of aliphatic hydroxyl groups excluding tert-OH is 1. The van der Waals surface area contributed by atoms with E-state index in [0.29, 0.717) is 76.0 Å². The Morgan fingerprint density at radius 3 is 2.17 bits per heavy atom. The normalized spacial score (nSPS) is 35.1. The summed E-state index contributed by atoms with van der Waals surface area (Å²) in [4.78, 5) is 87.9. The third-order valence-electron chi connectivity index (χ3n) is 15.2. The lowest BCUT2D eigenvalue weighted by Crippen LogP contribution is -2.61. The van der Waals surface area contributed by atoms with Gasteiger partial charge in [0.25, 0.3) is 21.8 Å². The zero-order valence-corrected chi connectivity index (χ0v) is 48.1. The number of carbonyl (C=O) groups is 6. The Labute approximate surface area is 451 Å². The number of methoxy groups -OCH3 is 3. The molecule has 3 heterocycles. The van der Waals surface area contributed by atoms with Crippen LogP contribution in [-0.4, -0.2) is 178 Å². The SMILES string of the molecule is COC1CC2CCC(C)[C@](O)(O2)C(=O)C(=O)N2CCCCC2C(=O)OC(C(C)CC2CCC(O)C(OC)C2)CC(=O)C(C)/C=C(\C)C(OC(=O)CN(C)C)C(OC)C(=O)C(C)CC(C)/C=C/C=CC=C1C.CS(=O)(=O)O. The molecule has 15 atom stereocenters. The van der Waals surface area contributed by atoms with Gasteiger partial charge in [-0.2, -0.15) is 8.42 Å². The predicted octanol–water partition coefficient (Wildman–Crippen LogP) is 5.80. The van der Waals surface area contributed by atoms with Crippen molar-refractivity contribution < 1.29 is 80.4 Å². The lowest BCUT2D eigenvalue weighted by atomic mass is 9.78. The number of ether oxygens (including phenoxy) is 6. The van der Waals surface area contributed by atoms with Gasteiger partial charge in [-0.15, -0.1) is 0 Å². The van der Waals surface area contributed by atoms with E-state index in [1.165, 1.54) is 12.0 Å².